The highest BCUT2D eigenvalue weighted by atomic mass is 15.1. The van der Waals surface area contributed by atoms with E-state index >= 15 is 0 Å². The van der Waals surface area contributed by atoms with Crippen molar-refractivity contribution < 1.29 is 0 Å². The maximum atomic E-state index is 4.51. The van der Waals surface area contributed by atoms with Crippen molar-refractivity contribution in [2.75, 3.05) is 18.9 Å². The van der Waals surface area contributed by atoms with E-state index in [9.17, 15) is 0 Å². The zero-order valence-electron chi connectivity index (χ0n) is 15.2. The maximum absolute atomic E-state index is 4.51. The van der Waals surface area contributed by atoms with Crippen LogP contribution >= 0.6 is 0 Å². The summed E-state index contributed by atoms with van der Waals surface area (Å²) in [4.78, 5) is 9.01. The molecule has 0 aliphatic rings. The van der Waals surface area contributed by atoms with E-state index in [0.29, 0.717) is 0 Å². The van der Waals surface area contributed by atoms with Gasteiger partial charge in [-0.2, -0.15) is 5.10 Å². The molecule has 0 aliphatic carbocycles. The minimum atomic E-state index is 0.0809. The molecule has 3 aromatic heterocycles. The first-order chi connectivity index (χ1) is 13.3. The Morgan fingerprint density at radius 3 is 2.74 bits per heavy atom. The van der Waals surface area contributed by atoms with Crippen LogP contribution in [0.15, 0.2) is 67.0 Å². The molecule has 1 unspecified atom stereocenters. The van der Waals surface area contributed by atoms with Crippen LogP contribution in [0, 0.1) is 0 Å². The van der Waals surface area contributed by atoms with Crippen LogP contribution < -0.4 is 10.6 Å². The lowest BCUT2D eigenvalue weighted by Gasteiger charge is -2.19. The number of aromatic nitrogens is 4. The number of anilines is 1. The van der Waals surface area contributed by atoms with Crippen molar-refractivity contribution in [2.45, 2.75) is 12.5 Å². The zero-order valence-corrected chi connectivity index (χ0v) is 15.2. The van der Waals surface area contributed by atoms with Crippen LogP contribution in [0.5, 0.6) is 0 Å². The molecule has 6 nitrogen and oxygen atoms in total. The Hall–Kier alpha value is -3.25. The number of hydrogen-bond acceptors (Lipinski definition) is 5. The first kappa shape index (κ1) is 17.2. The van der Waals surface area contributed by atoms with Gasteiger partial charge < -0.3 is 10.6 Å². The predicted molar refractivity (Wildman–Crippen MR) is 108 cm³/mol. The number of fused-ring (bicyclic) bond motifs is 1. The third-order valence-corrected chi connectivity index (χ3v) is 4.55. The Labute approximate surface area is 158 Å². The topological polar surface area (TPSA) is 78.5 Å². The Bertz CT molecular complexity index is 1010. The molecule has 1 aromatic carbocycles. The zero-order chi connectivity index (χ0) is 18.5. The summed E-state index contributed by atoms with van der Waals surface area (Å²) < 4.78 is 0. The third-order valence-electron chi connectivity index (χ3n) is 4.55. The summed E-state index contributed by atoms with van der Waals surface area (Å²) in [5.41, 5.74) is 3.99. The van der Waals surface area contributed by atoms with Crippen molar-refractivity contribution in [1.29, 1.82) is 0 Å². The molecule has 0 saturated heterocycles. The van der Waals surface area contributed by atoms with Gasteiger partial charge in [-0.3, -0.25) is 10.1 Å². The average Bonchev–Trinajstić information content (AvgIpc) is 3.16. The predicted octanol–water partition coefficient (Wildman–Crippen LogP) is 3.78. The molecular formula is C21H22N6. The lowest BCUT2D eigenvalue weighted by atomic mass is 10.1. The molecule has 4 rings (SSSR count). The molecule has 0 spiro atoms. The van der Waals surface area contributed by atoms with E-state index in [-0.39, 0.29) is 6.04 Å². The minimum absolute atomic E-state index is 0.0809. The second-order valence-electron chi connectivity index (χ2n) is 6.39. The number of nitrogens with one attached hydrogen (secondary N) is 3. The number of aromatic amines is 1. The standard InChI is InChI=1S/C21H22N6/c1-22-12-10-19(18-8-4-5-11-23-18)25-20-14-15(9-13-24-20)21-16-6-2-3-7-17(16)26-27-21/h2-9,11,13-14,19,22H,10,12H2,1H3,(H,24,25)(H,26,27). The summed E-state index contributed by atoms with van der Waals surface area (Å²) in [6, 6.07) is 18.2. The first-order valence-electron chi connectivity index (χ1n) is 9.07. The summed E-state index contributed by atoms with van der Waals surface area (Å²) >= 11 is 0. The van der Waals surface area contributed by atoms with Gasteiger partial charge in [-0.1, -0.05) is 24.3 Å². The van der Waals surface area contributed by atoms with Gasteiger partial charge in [-0.05, 0) is 50.3 Å². The van der Waals surface area contributed by atoms with Crippen molar-refractivity contribution >= 4 is 16.7 Å². The fraction of sp³-hybridized carbons (Fsp3) is 0.190. The van der Waals surface area contributed by atoms with Crippen LogP contribution in [0.3, 0.4) is 0 Å². The van der Waals surface area contributed by atoms with Gasteiger partial charge in [0.25, 0.3) is 0 Å². The Kier molecular flexibility index (Phi) is 5.07. The van der Waals surface area contributed by atoms with E-state index in [1.54, 1.807) is 0 Å². The quantitative estimate of drug-likeness (QED) is 0.468. The lowest BCUT2D eigenvalue weighted by Crippen LogP contribution is -2.19. The van der Waals surface area contributed by atoms with Gasteiger partial charge in [0.1, 0.15) is 11.5 Å². The van der Waals surface area contributed by atoms with Crippen LogP contribution in [-0.4, -0.2) is 33.8 Å². The molecular weight excluding hydrogens is 336 g/mol. The van der Waals surface area contributed by atoms with Crippen LogP contribution in [0.25, 0.3) is 22.2 Å². The van der Waals surface area contributed by atoms with E-state index in [0.717, 1.165) is 46.6 Å². The van der Waals surface area contributed by atoms with Crippen LogP contribution in [0.2, 0.25) is 0 Å². The van der Waals surface area contributed by atoms with Crippen molar-refractivity contribution in [3.8, 4) is 11.3 Å². The van der Waals surface area contributed by atoms with E-state index in [4.69, 9.17) is 0 Å². The highest BCUT2D eigenvalue weighted by Gasteiger charge is 2.14. The molecule has 0 radical (unpaired) electrons. The van der Waals surface area contributed by atoms with E-state index in [1.807, 2.05) is 68.0 Å². The number of H-pyrrole nitrogens is 1. The Morgan fingerprint density at radius 1 is 1.00 bits per heavy atom. The summed E-state index contributed by atoms with van der Waals surface area (Å²) in [5.74, 6) is 0.811. The second kappa shape index (κ2) is 7.97. The number of para-hydroxylation sites is 1. The van der Waals surface area contributed by atoms with E-state index in [1.165, 1.54) is 0 Å². The molecule has 0 fully saturated rings. The minimum Gasteiger partial charge on any atom is -0.362 e. The van der Waals surface area contributed by atoms with Gasteiger partial charge in [0, 0.05) is 23.3 Å². The van der Waals surface area contributed by atoms with Gasteiger partial charge in [0.2, 0.25) is 0 Å². The van der Waals surface area contributed by atoms with Gasteiger partial charge in [-0.15, -0.1) is 0 Å². The maximum Gasteiger partial charge on any atom is 0.127 e. The first-order valence-corrected chi connectivity index (χ1v) is 9.07. The van der Waals surface area contributed by atoms with Gasteiger partial charge in [-0.25, -0.2) is 4.98 Å². The summed E-state index contributed by atoms with van der Waals surface area (Å²) in [7, 11) is 1.96. The van der Waals surface area contributed by atoms with Crippen LogP contribution in [0.1, 0.15) is 18.2 Å². The largest absolute Gasteiger partial charge is 0.362 e. The SMILES string of the molecule is CNCCC(Nc1cc(-c2n[nH]c3ccccc23)ccn1)c1ccccn1. The molecule has 27 heavy (non-hydrogen) atoms. The fourth-order valence-corrected chi connectivity index (χ4v) is 3.18. The van der Waals surface area contributed by atoms with Gasteiger partial charge in [0.15, 0.2) is 0 Å². The molecule has 4 aromatic rings. The van der Waals surface area contributed by atoms with Crippen molar-refractivity contribution in [1.82, 2.24) is 25.5 Å². The number of rotatable bonds is 7. The smallest absolute Gasteiger partial charge is 0.127 e. The number of pyridine rings is 2. The highest BCUT2D eigenvalue weighted by Crippen LogP contribution is 2.28. The van der Waals surface area contributed by atoms with Crippen molar-refractivity contribution in [2.24, 2.45) is 0 Å². The lowest BCUT2D eigenvalue weighted by molar-refractivity contribution is 0.631. The van der Waals surface area contributed by atoms with Gasteiger partial charge in [0.05, 0.1) is 17.3 Å². The van der Waals surface area contributed by atoms with E-state index in [2.05, 4.69) is 36.9 Å². The molecule has 0 bridgehead atoms. The Balaban J connectivity index is 1.63. The molecule has 136 valence electrons. The van der Waals surface area contributed by atoms with Crippen molar-refractivity contribution in [3.63, 3.8) is 0 Å². The molecule has 0 aliphatic heterocycles. The number of hydrogen-bond donors (Lipinski definition) is 3. The molecule has 6 heteroatoms. The molecule has 3 heterocycles. The summed E-state index contributed by atoms with van der Waals surface area (Å²) in [6.45, 7) is 0.887. The molecule has 1 atom stereocenters. The molecule has 0 amide bonds. The normalized spacial score (nSPS) is 12.2. The third kappa shape index (κ3) is 3.80. The molecule has 0 saturated carbocycles. The fourth-order valence-electron chi connectivity index (χ4n) is 3.18. The number of nitrogens with zero attached hydrogens (tertiary/aromatic N) is 3. The van der Waals surface area contributed by atoms with Crippen LogP contribution in [0.4, 0.5) is 5.82 Å². The van der Waals surface area contributed by atoms with Crippen molar-refractivity contribution in [3.05, 3.63) is 72.7 Å². The Morgan fingerprint density at radius 2 is 1.89 bits per heavy atom. The average molecular weight is 358 g/mol. The monoisotopic (exact) mass is 358 g/mol. The summed E-state index contributed by atoms with van der Waals surface area (Å²) in [5, 5.41) is 15.4. The summed E-state index contributed by atoms with van der Waals surface area (Å²) in [6.07, 6.45) is 4.54. The van der Waals surface area contributed by atoms with E-state index < -0.39 is 0 Å². The molecule has 3 N–H and O–H groups in total. The second-order valence-corrected chi connectivity index (χ2v) is 6.39. The van der Waals surface area contributed by atoms with Gasteiger partial charge >= 0.3 is 0 Å². The number of benzene rings is 1. The highest BCUT2D eigenvalue weighted by molar-refractivity contribution is 5.93. The van der Waals surface area contributed by atoms with Crippen LogP contribution in [-0.2, 0) is 0 Å².